The average molecular weight is 403 g/mol. The van der Waals surface area contributed by atoms with E-state index in [1.54, 1.807) is 18.4 Å². The van der Waals surface area contributed by atoms with E-state index < -0.39 is 0 Å². The highest BCUT2D eigenvalue weighted by atomic mass is 16.5. The number of nitrogens with zero attached hydrogens (tertiary/aromatic N) is 2. The van der Waals surface area contributed by atoms with Crippen molar-refractivity contribution in [1.82, 2.24) is 10.3 Å². The Balaban J connectivity index is 1.54. The number of methoxy groups -OCH3 is 1. The molecule has 0 fully saturated rings. The maximum absolute atomic E-state index is 13.1. The molecule has 6 nitrogen and oxygen atoms in total. The Morgan fingerprint density at radius 1 is 1.17 bits per heavy atom. The van der Waals surface area contributed by atoms with E-state index in [1.165, 1.54) is 0 Å². The molecule has 154 valence electrons. The first-order chi connectivity index (χ1) is 14.7. The normalized spacial score (nSPS) is 16.9. The third-order valence-electron chi connectivity index (χ3n) is 5.30. The molecule has 3 aromatic rings. The van der Waals surface area contributed by atoms with E-state index in [0.29, 0.717) is 6.42 Å². The van der Waals surface area contributed by atoms with E-state index in [0.717, 1.165) is 28.3 Å². The third-order valence-corrected chi connectivity index (χ3v) is 5.30. The van der Waals surface area contributed by atoms with Crippen LogP contribution in [0.5, 0.6) is 5.75 Å². The molecule has 30 heavy (non-hydrogen) atoms. The summed E-state index contributed by atoms with van der Waals surface area (Å²) in [4.78, 5) is 13.1. The smallest absolute Gasteiger partial charge is 0.257 e. The summed E-state index contributed by atoms with van der Waals surface area (Å²) in [6.45, 7) is 2.13. The Bertz CT molecular complexity index is 998. The van der Waals surface area contributed by atoms with Crippen molar-refractivity contribution in [2.45, 2.75) is 25.4 Å². The number of benzene rings is 2. The minimum absolute atomic E-state index is 0.0661. The number of rotatable bonds is 7. The van der Waals surface area contributed by atoms with Gasteiger partial charge in [-0.25, -0.2) is 5.01 Å². The van der Waals surface area contributed by atoms with Crippen LogP contribution in [0.3, 0.4) is 0 Å². The van der Waals surface area contributed by atoms with Crippen LogP contribution >= 0.6 is 0 Å². The predicted molar refractivity (Wildman–Crippen MR) is 115 cm³/mol. The van der Waals surface area contributed by atoms with Gasteiger partial charge in [0.25, 0.3) is 5.91 Å². The van der Waals surface area contributed by atoms with Crippen molar-refractivity contribution in [3.05, 3.63) is 89.9 Å². The minimum atomic E-state index is -0.153. The Kier molecular flexibility index (Phi) is 5.95. The maximum atomic E-state index is 13.1. The van der Waals surface area contributed by atoms with Crippen molar-refractivity contribution in [1.29, 1.82) is 0 Å². The summed E-state index contributed by atoms with van der Waals surface area (Å²) in [5.41, 5.74) is 2.96. The lowest BCUT2D eigenvalue weighted by molar-refractivity contribution is -0.132. The number of hydrazone groups is 1. The van der Waals surface area contributed by atoms with Crippen molar-refractivity contribution in [2.75, 3.05) is 13.7 Å². The molecular formula is C24H25N3O3. The number of carbonyl (C=O) groups excluding carboxylic acids is 1. The van der Waals surface area contributed by atoms with Crippen molar-refractivity contribution < 1.29 is 13.9 Å². The van der Waals surface area contributed by atoms with E-state index in [4.69, 9.17) is 14.3 Å². The summed E-state index contributed by atoms with van der Waals surface area (Å²) in [5.74, 6) is 1.50. The topological polar surface area (TPSA) is 67.1 Å². The van der Waals surface area contributed by atoms with Gasteiger partial charge in [-0.15, -0.1) is 0 Å². The summed E-state index contributed by atoms with van der Waals surface area (Å²) in [6.07, 6.45) is 2.29. The van der Waals surface area contributed by atoms with Crippen LogP contribution in [0.15, 0.2) is 82.5 Å². The van der Waals surface area contributed by atoms with Gasteiger partial charge in [-0.05, 0) is 42.3 Å². The highest BCUT2D eigenvalue weighted by Gasteiger charge is 2.33. The molecular weight excluding hydrogens is 378 g/mol. The molecule has 0 saturated carbocycles. The Hall–Kier alpha value is -3.38. The fourth-order valence-electron chi connectivity index (χ4n) is 3.59. The van der Waals surface area contributed by atoms with Gasteiger partial charge in [-0.1, -0.05) is 42.5 Å². The average Bonchev–Trinajstić information content (AvgIpc) is 3.48. The number of amides is 1. The zero-order valence-electron chi connectivity index (χ0n) is 17.1. The minimum Gasteiger partial charge on any atom is -0.497 e. The molecule has 0 bridgehead atoms. The van der Waals surface area contributed by atoms with E-state index in [1.807, 2.05) is 73.7 Å². The van der Waals surface area contributed by atoms with Crippen LogP contribution in [0.25, 0.3) is 0 Å². The third kappa shape index (κ3) is 4.28. The zero-order chi connectivity index (χ0) is 20.9. The van der Waals surface area contributed by atoms with Crippen molar-refractivity contribution in [2.24, 2.45) is 5.10 Å². The van der Waals surface area contributed by atoms with E-state index in [-0.39, 0.29) is 24.5 Å². The quantitative estimate of drug-likeness (QED) is 0.638. The lowest BCUT2D eigenvalue weighted by Gasteiger charge is -2.23. The molecule has 2 atom stereocenters. The SMILES string of the molecule is COc1ccc([C@H]2CC(c3ccccc3)=NN2C(=O)CN[C@@H](C)c2ccco2)cc1. The van der Waals surface area contributed by atoms with Gasteiger partial charge in [-0.3, -0.25) is 10.1 Å². The molecule has 0 unspecified atom stereocenters. The second-order valence-electron chi connectivity index (χ2n) is 7.26. The number of hydrogen-bond donors (Lipinski definition) is 1. The molecule has 0 radical (unpaired) electrons. The highest BCUT2D eigenvalue weighted by Crippen LogP contribution is 2.33. The molecule has 2 heterocycles. The molecule has 1 aliphatic heterocycles. The lowest BCUT2D eigenvalue weighted by atomic mass is 9.98. The molecule has 0 aliphatic carbocycles. The molecule has 0 saturated heterocycles. The molecule has 1 amide bonds. The summed E-state index contributed by atoms with van der Waals surface area (Å²) >= 11 is 0. The Labute approximate surface area is 176 Å². The second-order valence-corrected chi connectivity index (χ2v) is 7.26. The van der Waals surface area contributed by atoms with Crippen LogP contribution < -0.4 is 10.1 Å². The monoisotopic (exact) mass is 403 g/mol. The van der Waals surface area contributed by atoms with Crippen LogP contribution in [0.2, 0.25) is 0 Å². The first-order valence-corrected chi connectivity index (χ1v) is 10.0. The van der Waals surface area contributed by atoms with Gasteiger partial charge >= 0.3 is 0 Å². The van der Waals surface area contributed by atoms with Crippen LogP contribution in [-0.2, 0) is 4.79 Å². The molecule has 1 N–H and O–H groups in total. The van der Waals surface area contributed by atoms with Crippen molar-refractivity contribution in [3.63, 3.8) is 0 Å². The fourth-order valence-corrected chi connectivity index (χ4v) is 3.59. The summed E-state index contributed by atoms with van der Waals surface area (Å²) in [6, 6.07) is 21.3. The van der Waals surface area contributed by atoms with Gasteiger partial charge in [0.1, 0.15) is 11.5 Å². The Morgan fingerprint density at radius 3 is 2.60 bits per heavy atom. The van der Waals surface area contributed by atoms with Gasteiger partial charge in [0, 0.05) is 6.42 Å². The molecule has 6 heteroatoms. The second kappa shape index (κ2) is 8.97. The first-order valence-electron chi connectivity index (χ1n) is 10.0. The van der Waals surface area contributed by atoms with E-state index in [2.05, 4.69) is 5.32 Å². The molecule has 0 spiro atoms. The number of nitrogens with one attached hydrogen (secondary N) is 1. The number of ether oxygens (including phenoxy) is 1. The van der Waals surface area contributed by atoms with Crippen LogP contribution in [0.4, 0.5) is 0 Å². The van der Waals surface area contributed by atoms with E-state index >= 15 is 0 Å². The van der Waals surface area contributed by atoms with Crippen molar-refractivity contribution in [3.8, 4) is 5.75 Å². The molecule has 1 aromatic heterocycles. The van der Waals surface area contributed by atoms with Gasteiger partial charge < -0.3 is 9.15 Å². The van der Waals surface area contributed by atoms with Crippen LogP contribution in [0, 0.1) is 0 Å². The molecule has 1 aliphatic rings. The molecule has 4 rings (SSSR count). The fraction of sp³-hybridized carbons (Fsp3) is 0.250. The van der Waals surface area contributed by atoms with Crippen molar-refractivity contribution >= 4 is 11.6 Å². The first kappa shape index (κ1) is 19.9. The van der Waals surface area contributed by atoms with E-state index in [9.17, 15) is 4.79 Å². The van der Waals surface area contributed by atoms with Gasteiger partial charge in [0.15, 0.2) is 0 Å². The molecule has 2 aromatic carbocycles. The van der Waals surface area contributed by atoms with Crippen LogP contribution in [0.1, 0.15) is 42.3 Å². The van der Waals surface area contributed by atoms with Gasteiger partial charge in [-0.2, -0.15) is 5.10 Å². The highest BCUT2D eigenvalue weighted by molar-refractivity contribution is 6.03. The lowest BCUT2D eigenvalue weighted by Crippen LogP contribution is -2.36. The number of furan rings is 1. The predicted octanol–water partition coefficient (Wildman–Crippen LogP) is 4.32. The standard InChI is InChI=1S/C24H25N3O3/c1-17(23-9-6-14-30-23)25-16-24(28)27-22(19-10-12-20(29-2)13-11-19)15-21(26-27)18-7-4-3-5-8-18/h3-14,17,22,25H,15-16H2,1-2H3/t17-,22+/m0/s1. The number of hydrogen-bond acceptors (Lipinski definition) is 5. The zero-order valence-corrected chi connectivity index (χ0v) is 17.1. The van der Waals surface area contributed by atoms with Gasteiger partial charge in [0.2, 0.25) is 0 Å². The summed E-state index contributed by atoms with van der Waals surface area (Å²) in [7, 11) is 1.64. The Morgan fingerprint density at radius 2 is 1.93 bits per heavy atom. The summed E-state index contributed by atoms with van der Waals surface area (Å²) in [5, 5.41) is 9.54. The summed E-state index contributed by atoms with van der Waals surface area (Å²) < 4.78 is 10.7. The van der Waals surface area contributed by atoms with Gasteiger partial charge in [0.05, 0.1) is 37.7 Å². The largest absolute Gasteiger partial charge is 0.497 e. The number of carbonyl (C=O) groups is 1. The maximum Gasteiger partial charge on any atom is 0.257 e. The van der Waals surface area contributed by atoms with Crippen LogP contribution in [-0.4, -0.2) is 30.3 Å².